The van der Waals surface area contributed by atoms with Crippen LogP contribution in [0.5, 0.6) is 0 Å². The summed E-state index contributed by atoms with van der Waals surface area (Å²) in [6.07, 6.45) is -4.74. The summed E-state index contributed by atoms with van der Waals surface area (Å²) in [5.41, 5.74) is 6.02. The van der Waals surface area contributed by atoms with Gasteiger partial charge in [-0.05, 0) is 23.6 Å². The van der Waals surface area contributed by atoms with E-state index >= 15 is 0 Å². The topological polar surface area (TPSA) is 92.4 Å². The van der Waals surface area contributed by atoms with Crippen molar-refractivity contribution in [3.05, 3.63) is 28.8 Å². The van der Waals surface area contributed by atoms with Gasteiger partial charge in [0.1, 0.15) is 0 Å². The monoisotopic (exact) mass is 366 g/mol. The van der Waals surface area contributed by atoms with Gasteiger partial charge in [0.25, 0.3) is 0 Å². The summed E-state index contributed by atoms with van der Waals surface area (Å²) in [4.78, 5) is 22.7. The van der Waals surface area contributed by atoms with Gasteiger partial charge in [0.2, 0.25) is 5.91 Å². The summed E-state index contributed by atoms with van der Waals surface area (Å²) in [5.74, 6) is -4.41. The minimum absolute atomic E-state index is 0.0845. The number of benzene rings is 1. The van der Waals surface area contributed by atoms with Crippen molar-refractivity contribution >= 4 is 29.2 Å². The molecule has 0 aliphatic heterocycles. The van der Waals surface area contributed by atoms with Gasteiger partial charge in [-0.2, -0.15) is 13.2 Å². The van der Waals surface area contributed by atoms with E-state index in [2.05, 4.69) is 5.32 Å². The Balaban J connectivity index is 2.94. The predicted molar refractivity (Wildman–Crippen MR) is 83.9 cm³/mol. The molecule has 1 aromatic carbocycles. The zero-order chi connectivity index (χ0) is 18.7. The van der Waals surface area contributed by atoms with E-state index in [-0.39, 0.29) is 23.0 Å². The van der Waals surface area contributed by atoms with E-state index < -0.39 is 30.0 Å². The van der Waals surface area contributed by atoms with Crippen LogP contribution in [-0.4, -0.2) is 29.2 Å². The Morgan fingerprint density at radius 3 is 2.42 bits per heavy atom. The average molecular weight is 367 g/mol. The number of hydrogen-bond donors (Lipinski definition) is 3. The van der Waals surface area contributed by atoms with Crippen LogP contribution in [0.1, 0.15) is 31.7 Å². The molecule has 0 radical (unpaired) electrons. The number of carbonyl (C=O) groups is 2. The van der Waals surface area contributed by atoms with Gasteiger partial charge in [0.15, 0.2) is 0 Å². The number of carboxylic acid groups (broad SMARTS) is 1. The second-order valence-corrected chi connectivity index (χ2v) is 5.99. The summed E-state index contributed by atoms with van der Waals surface area (Å²) in [5, 5.41) is 11.2. The molecule has 0 fully saturated rings. The number of halogens is 4. The summed E-state index contributed by atoms with van der Waals surface area (Å²) in [6, 6.07) is 2.66. The number of nitrogens with one attached hydrogen (secondary N) is 1. The van der Waals surface area contributed by atoms with E-state index in [0.717, 1.165) is 6.92 Å². The number of carboxylic acids is 1. The smallest absolute Gasteiger partial charge is 0.393 e. The number of carbonyl (C=O) groups excluding carboxylic acids is 1. The molecule has 1 aromatic rings. The first-order chi connectivity index (χ1) is 10.9. The summed E-state index contributed by atoms with van der Waals surface area (Å²) in [7, 11) is 0. The maximum Gasteiger partial charge on any atom is 0.393 e. The maximum absolute atomic E-state index is 12.6. The number of aliphatic carboxylic acids is 1. The zero-order valence-electron chi connectivity index (χ0n) is 13.0. The molecule has 4 N–H and O–H groups in total. The largest absolute Gasteiger partial charge is 0.481 e. The molecule has 0 aliphatic carbocycles. The molecule has 9 heteroatoms. The van der Waals surface area contributed by atoms with Crippen LogP contribution in [0.2, 0.25) is 5.02 Å². The van der Waals surface area contributed by atoms with Gasteiger partial charge < -0.3 is 16.2 Å². The molecule has 5 nitrogen and oxygen atoms in total. The molecule has 134 valence electrons. The fourth-order valence-corrected chi connectivity index (χ4v) is 2.14. The molecule has 0 bridgehead atoms. The Morgan fingerprint density at radius 1 is 1.33 bits per heavy atom. The quantitative estimate of drug-likeness (QED) is 0.719. The van der Waals surface area contributed by atoms with Gasteiger partial charge in [-0.25, -0.2) is 0 Å². The van der Waals surface area contributed by atoms with E-state index in [1.54, 1.807) is 13.0 Å². The van der Waals surface area contributed by atoms with Crippen LogP contribution in [0.3, 0.4) is 0 Å². The fourth-order valence-electron chi connectivity index (χ4n) is 1.97. The Morgan fingerprint density at radius 2 is 1.92 bits per heavy atom. The van der Waals surface area contributed by atoms with Crippen LogP contribution in [0, 0.1) is 5.92 Å². The van der Waals surface area contributed by atoms with Crippen LogP contribution >= 0.6 is 11.6 Å². The number of alkyl halides is 3. The second-order valence-electron chi connectivity index (χ2n) is 5.58. The second kappa shape index (κ2) is 7.85. The third-order valence-electron chi connectivity index (χ3n) is 3.66. The van der Waals surface area contributed by atoms with Crippen molar-refractivity contribution in [2.75, 3.05) is 5.32 Å². The maximum atomic E-state index is 12.6. The lowest BCUT2D eigenvalue weighted by molar-refractivity contribution is -0.176. The van der Waals surface area contributed by atoms with Crippen LogP contribution in [0.25, 0.3) is 0 Å². The van der Waals surface area contributed by atoms with Crippen molar-refractivity contribution in [2.45, 2.75) is 38.4 Å². The lowest BCUT2D eigenvalue weighted by Crippen LogP contribution is -2.46. The van der Waals surface area contributed by atoms with Crippen LogP contribution in [0.15, 0.2) is 18.2 Å². The molecule has 24 heavy (non-hydrogen) atoms. The van der Waals surface area contributed by atoms with Crippen LogP contribution in [0.4, 0.5) is 18.9 Å². The fraction of sp³-hybridized carbons (Fsp3) is 0.467. The number of nitrogens with two attached hydrogens (primary N) is 1. The summed E-state index contributed by atoms with van der Waals surface area (Å²) < 4.78 is 37.9. The SMILES string of the molecule is CC([C@H](N)C(=O)Nc1cc([C@@H](C)CC(=O)O)ccc1Cl)C(F)(F)F. The highest BCUT2D eigenvalue weighted by atomic mass is 35.5. The number of rotatable bonds is 6. The minimum atomic E-state index is -4.60. The Labute approximate surface area is 142 Å². The highest BCUT2D eigenvalue weighted by Gasteiger charge is 2.42. The van der Waals surface area contributed by atoms with E-state index in [9.17, 15) is 22.8 Å². The van der Waals surface area contributed by atoms with Crippen molar-refractivity contribution in [3.8, 4) is 0 Å². The van der Waals surface area contributed by atoms with Crippen molar-refractivity contribution in [3.63, 3.8) is 0 Å². The van der Waals surface area contributed by atoms with Crippen LogP contribution in [-0.2, 0) is 9.59 Å². The van der Waals surface area contributed by atoms with Crippen molar-refractivity contribution in [1.82, 2.24) is 0 Å². The van der Waals surface area contributed by atoms with E-state index in [0.29, 0.717) is 5.56 Å². The third kappa shape index (κ3) is 5.38. The molecular weight excluding hydrogens is 349 g/mol. The summed E-state index contributed by atoms with van der Waals surface area (Å²) >= 11 is 5.93. The van der Waals surface area contributed by atoms with Gasteiger partial charge in [-0.3, -0.25) is 9.59 Å². The molecule has 1 amide bonds. The van der Waals surface area contributed by atoms with Gasteiger partial charge >= 0.3 is 12.1 Å². The van der Waals surface area contributed by atoms with Crippen molar-refractivity contribution < 1.29 is 27.9 Å². The van der Waals surface area contributed by atoms with Crippen molar-refractivity contribution in [1.29, 1.82) is 0 Å². The first-order valence-corrected chi connectivity index (χ1v) is 7.45. The first kappa shape index (κ1) is 20.2. The summed E-state index contributed by atoms with van der Waals surface area (Å²) in [6.45, 7) is 2.48. The van der Waals surface area contributed by atoms with E-state index in [1.165, 1.54) is 12.1 Å². The molecule has 0 spiro atoms. The standard InChI is InChI=1S/C15H18ClF3N2O3/c1-7(5-12(22)23)9-3-4-10(16)11(6-9)21-14(24)13(20)8(2)15(17,18)19/h3-4,6-8,13H,5,20H2,1-2H3,(H,21,24)(H,22,23)/t7-,8?,13-/m0/s1. The molecule has 0 saturated carbocycles. The Kier molecular flexibility index (Phi) is 6.62. The van der Waals surface area contributed by atoms with Gasteiger partial charge in [0.05, 0.1) is 29.1 Å². The number of hydrogen-bond acceptors (Lipinski definition) is 3. The van der Waals surface area contributed by atoms with E-state index in [1.807, 2.05) is 0 Å². The first-order valence-electron chi connectivity index (χ1n) is 7.08. The number of amides is 1. The van der Waals surface area contributed by atoms with Gasteiger partial charge in [-0.1, -0.05) is 31.5 Å². The molecule has 0 aliphatic rings. The predicted octanol–water partition coefficient (Wildman–Crippen LogP) is 3.38. The lowest BCUT2D eigenvalue weighted by atomic mass is 9.97. The Bertz CT molecular complexity index is 622. The van der Waals surface area contributed by atoms with Gasteiger partial charge in [-0.15, -0.1) is 0 Å². The molecule has 0 heterocycles. The Hall–Kier alpha value is -1.80. The molecule has 1 rings (SSSR count). The average Bonchev–Trinajstić information content (AvgIpc) is 2.46. The zero-order valence-corrected chi connectivity index (χ0v) is 13.8. The molecule has 3 atom stereocenters. The highest BCUT2D eigenvalue weighted by Crippen LogP contribution is 2.30. The van der Waals surface area contributed by atoms with E-state index in [4.69, 9.17) is 22.4 Å². The van der Waals surface area contributed by atoms with Gasteiger partial charge in [0, 0.05) is 0 Å². The van der Waals surface area contributed by atoms with Crippen LogP contribution < -0.4 is 11.1 Å². The molecular formula is C15H18ClF3N2O3. The lowest BCUT2D eigenvalue weighted by Gasteiger charge is -2.22. The molecule has 0 saturated heterocycles. The molecule has 0 aromatic heterocycles. The third-order valence-corrected chi connectivity index (χ3v) is 3.99. The molecule has 1 unspecified atom stereocenters. The minimum Gasteiger partial charge on any atom is -0.481 e. The highest BCUT2D eigenvalue weighted by molar-refractivity contribution is 6.33. The van der Waals surface area contributed by atoms with Crippen molar-refractivity contribution in [2.24, 2.45) is 11.7 Å². The normalized spacial score (nSPS) is 15.5. The number of anilines is 1.